The van der Waals surface area contributed by atoms with Gasteiger partial charge in [-0.25, -0.2) is 4.98 Å². The molecule has 6 heteroatoms. The Balaban J connectivity index is 1.60. The normalized spacial score (nSPS) is 13.1. The van der Waals surface area contributed by atoms with Gasteiger partial charge in [0.1, 0.15) is 5.82 Å². The van der Waals surface area contributed by atoms with Crippen LogP contribution in [-0.2, 0) is 11.2 Å². The number of nitrogens with zero attached hydrogens (tertiary/aromatic N) is 3. The molecule has 1 N–H and O–H groups in total. The van der Waals surface area contributed by atoms with Crippen molar-refractivity contribution in [3.8, 4) is 5.82 Å². The molecule has 0 radical (unpaired) electrons. The number of hydrogen-bond acceptors (Lipinski definition) is 3. The van der Waals surface area contributed by atoms with E-state index in [0.29, 0.717) is 5.56 Å². The molecule has 0 unspecified atom stereocenters. The van der Waals surface area contributed by atoms with Crippen LogP contribution in [0.5, 0.6) is 0 Å². The molecule has 0 atom stereocenters. The van der Waals surface area contributed by atoms with E-state index in [-0.39, 0.29) is 11.8 Å². The average Bonchev–Trinajstić information content (AvgIpc) is 3.02. The predicted molar refractivity (Wildman–Crippen MR) is 114 cm³/mol. The van der Waals surface area contributed by atoms with Crippen molar-refractivity contribution in [2.45, 2.75) is 33.6 Å². The van der Waals surface area contributed by atoms with Gasteiger partial charge in [-0.3, -0.25) is 9.59 Å². The number of benzene rings is 1. The molecule has 0 spiro atoms. The van der Waals surface area contributed by atoms with E-state index in [0.717, 1.165) is 53.5 Å². The van der Waals surface area contributed by atoms with Crippen LogP contribution in [-0.4, -0.2) is 27.9 Å². The third-order valence-corrected chi connectivity index (χ3v) is 5.39. The van der Waals surface area contributed by atoms with E-state index in [1.807, 2.05) is 60.9 Å². The SMILES string of the molecule is CC(=O)N1CCCc2cc(NC(=O)c3cc(C)n(-c4ccccn4)c3C)ccc21. The Labute approximate surface area is 170 Å². The summed E-state index contributed by atoms with van der Waals surface area (Å²) < 4.78 is 1.98. The zero-order valence-corrected chi connectivity index (χ0v) is 16.9. The van der Waals surface area contributed by atoms with Crippen molar-refractivity contribution in [2.24, 2.45) is 0 Å². The van der Waals surface area contributed by atoms with Crippen molar-refractivity contribution in [1.29, 1.82) is 0 Å². The number of aromatic nitrogens is 2. The quantitative estimate of drug-likeness (QED) is 0.736. The summed E-state index contributed by atoms with van der Waals surface area (Å²) in [6.45, 7) is 6.22. The maximum atomic E-state index is 13.0. The van der Waals surface area contributed by atoms with Gasteiger partial charge in [0.15, 0.2) is 0 Å². The summed E-state index contributed by atoms with van der Waals surface area (Å²) in [5, 5.41) is 3.01. The van der Waals surface area contributed by atoms with E-state index in [9.17, 15) is 9.59 Å². The smallest absolute Gasteiger partial charge is 0.257 e. The number of hydrogen-bond donors (Lipinski definition) is 1. The fourth-order valence-electron chi connectivity index (χ4n) is 4.03. The number of aryl methyl sites for hydroxylation is 2. The van der Waals surface area contributed by atoms with Gasteiger partial charge in [0.05, 0.1) is 5.56 Å². The molecule has 2 aromatic heterocycles. The monoisotopic (exact) mass is 388 g/mol. The Morgan fingerprint density at radius 1 is 1.10 bits per heavy atom. The van der Waals surface area contributed by atoms with Crippen LogP contribution in [0.3, 0.4) is 0 Å². The Morgan fingerprint density at radius 2 is 1.93 bits per heavy atom. The number of carbonyl (C=O) groups is 2. The van der Waals surface area contributed by atoms with Crippen molar-refractivity contribution in [3.05, 3.63) is 71.2 Å². The molecular weight excluding hydrogens is 364 g/mol. The number of pyridine rings is 1. The van der Waals surface area contributed by atoms with Gasteiger partial charge in [-0.05, 0) is 68.7 Å². The Kier molecular flexibility index (Phi) is 4.92. The van der Waals surface area contributed by atoms with Crippen LogP contribution in [0, 0.1) is 13.8 Å². The summed E-state index contributed by atoms with van der Waals surface area (Å²) >= 11 is 0. The first-order valence-electron chi connectivity index (χ1n) is 9.78. The molecule has 29 heavy (non-hydrogen) atoms. The van der Waals surface area contributed by atoms with Crippen molar-refractivity contribution in [2.75, 3.05) is 16.8 Å². The predicted octanol–water partition coefficient (Wildman–Crippen LogP) is 4.04. The second-order valence-corrected chi connectivity index (χ2v) is 7.38. The van der Waals surface area contributed by atoms with Crippen LogP contribution in [0.1, 0.15) is 40.7 Å². The largest absolute Gasteiger partial charge is 0.322 e. The third-order valence-electron chi connectivity index (χ3n) is 5.39. The molecule has 0 saturated heterocycles. The number of rotatable bonds is 3. The molecule has 148 valence electrons. The van der Waals surface area contributed by atoms with E-state index in [1.165, 1.54) is 0 Å². The first kappa shape index (κ1) is 18.9. The molecule has 0 fully saturated rings. The van der Waals surface area contributed by atoms with Gasteiger partial charge in [-0.15, -0.1) is 0 Å². The highest BCUT2D eigenvalue weighted by atomic mass is 16.2. The molecule has 4 rings (SSSR count). The van der Waals surface area contributed by atoms with Gasteiger partial charge in [0.2, 0.25) is 5.91 Å². The molecule has 1 aliphatic heterocycles. The molecule has 0 bridgehead atoms. The summed E-state index contributed by atoms with van der Waals surface area (Å²) in [4.78, 5) is 31.0. The number of amides is 2. The first-order chi connectivity index (χ1) is 14.0. The van der Waals surface area contributed by atoms with E-state index in [1.54, 1.807) is 18.0 Å². The second-order valence-electron chi connectivity index (χ2n) is 7.38. The highest BCUT2D eigenvalue weighted by Crippen LogP contribution is 2.30. The Bertz CT molecular complexity index is 1090. The number of fused-ring (bicyclic) bond motifs is 1. The van der Waals surface area contributed by atoms with Crippen LogP contribution in [0.15, 0.2) is 48.7 Å². The summed E-state index contributed by atoms with van der Waals surface area (Å²) in [6, 6.07) is 13.4. The zero-order chi connectivity index (χ0) is 20.5. The molecule has 3 aromatic rings. The lowest BCUT2D eigenvalue weighted by Gasteiger charge is -2.29. The van der Waals surface area contributed by atoms with Gasteiger partial charge in [0, 0.05) is 42.4 Å². The van der Waals surface area contributed by atoms with Gasteiger partial charge < -0.3 is 14.8 Å². The lowest BCUT2D eigenvalue weighted by atomic mass is 10.0. The molecule has 0 aliphatic carbocycles. The fourth-order valence-corrected chi connectivity index (χ4v) is 4.03. The standard InChI is InChI=1S/C23H24N4O2/c1-15-13-20(16(2)27(15)22-8-4-5-11-24-22)23(29)25-19-9-10-21-18(14-19)7-6-12-26(21)17(3)28/h4-5,8-11,13-14H,6-7,12H2,1-3H3,(H,25,29). The third kappa shape index (κ3) is 3.53. The summed E-state index contributed by atoms with van der Waals surface area (Å²) in [7, 11) is 0. The van der Waals surface area contributed by atoms with Gasteiger partial charge in [0.25, 0.3) is 5.91 Å². The molecular formula is C23H24N4O2. The van der Waals surface area contributed by atoms with E-state index in [4.69, 9.17) is 0 Å². The summed E-state index contributed by atoms with van der Waals surface area (Å²) in [6.07, 6.45) is 3.57. The van der Waals surface area contributed by atoms with E-state index >= 15 is 0 Å². The molecule has 1 aliphatic rings. The number of nitrogens with one attached hydrogen (secondary N) is 1. The van der Waals surface area contributed by atoms with Gasteiger partial charge in [-0.2, -0.15) is 0 Å². The molecule has 0 saturated carbocycles. The minimum atomic E-state index is -0.153. The average molecular weight is 388 g/mol. The molecule has 6 nitrogen and oxygen atoms in total. The Hall–Kier alpha value is -3.41. The van der Waals surface area contributed by atoms with Crippen LogP contribution in [0.4, 0.5) is 11.4 Å². The first-order valence-corrected chi connectivity index (χ1v) is 9.78. The minimum absolute atomic E-state index is 0.0460. The summed E-state index contributed by atoms with van der Waals surface area (Å²) in [5.74, 6) is 0.684. The molecule has 2 amide bonds. The zero-order valence-electron chi connectivity index (χ0n) is 16.9. The van der Waals surface area contributed by atoms with Crippen molar-refractivity contribution in [3.63, 3.8) is 0 Å². The van der Waals surface area contributed by atoms with E-state index < -0.39 is 0 Å². The topological polar surface area (TPSA) is 67.2 Å². The van der Waals surface area contributed by atoms with Crippen molar-refractivity contribution < 1.29 is 9.59 Å². The van der Waals surface area contributed by atoms with Gasteiger partial charge >= 0.3 is 0 Å². The van der Waals surface area contributed by atoms with E-state index in [2.05, 4.69) is 10.3 Å². The highest BCUT2D eigenvalue weighted by molar-refractivity contribution is 6.05. The fraction of sp³-hybridized carbons (Fsp3) is 0.261. The lowest BCUT2D eigenvalue weighted by Crippen LogP contribution is -2.33. The maximum absolute atomic E-state index is 13.0. The summed E-state index contributed by atoms with van der Waals surface area (Å²) in [5.41, 5.74) is 5.18. The lowest BCUT2D eigenvalue weighted by molar-refractivity contribution is -0.116. The van der Waals surface area contributed by atoms with Crippen LogP contribution >= 0.6 is 0 Å². The Morgan fingerprint density at radius 3 is 2.66 bits per heavy atom. The highest BCUT2D eigenvalue weighted by Gasteiger charge is 2.21. The maximum Gasteiger partial charge on any atom is 0.257 e. The van der Waals surface area contributed by atoms with Crippen molar-refractivity contribution >= 4 is 23.2 Å². The van der Waals surface area contributed by atoms with Gasteiger partial charge in [-0.1, -0.05) is 6.07 Å². The van der Waals surface area contributed by atoms with Crippen LogP contribution in [0.2, 0.25) is 0 Å². The molecule has 3 heterocycles. The van der Waals surface area contributed by atoms with Crippen LogP contribution in [0.25, 0.3) is 5.82 Å². The molecule has 1 aromatic carbocycles. The number of anilines is 2. The van der Waals surface area contributed by atoms with Crippen molar-refractivity contribution in [1.82, 2.24) is 9.55 Å². The number of carbonyl (C=O) groups excluding carboxylic acids is 2. The minimum Gasteiger partial charge on any atom is -0.322 e. The second kappa shape index (κ2) is 7.54. The van der Waals surface area contributed by atoms with Crippen LogP contribution < -0.4 is 10.2 Å².